The Morgan fingerprint density at radius 1 is 0.889 bits per heavy atom. The second kappa shape index (κ2) is 12.9. The quantitative estimate of drug-likeness (QED) is 0.516. The van der Waals surface area contributed by atoms with Gasteiger partial charge in [0.1, 0.15) is 0 Å². The Bertz CT molecular complexity index is 192. The van der Waals surface area contributed by atoms with Crippen LogP contribution in [0.2, 0.25) is 0 Å². The van der Waals surface area contributed by atoms with Gasteiger partial charge in [-0.3, -0.25) is 0 Å². The van der Waals surface area contributed by atoms with Gasteiger partial charge in [-0.1, -0.05) is 77.6 Å². The third-order valence-electron chi connectivity index (χ3n) is 3.35. The average Bonchev–Trinajstić information content (AvgIpc) is 2.35. The van der Waals surface area contributed by atoms with Crippen molar-refractivity contribution in [1.82, 2.24) is 0 Å². The molecular formula is C15H29O3-. The van der Waals surface area contributed by atoms with Crippen molar-refractivity contribution in [2.75, 3.05) is 0 Å². The van der Waals surface area contributed by atoms with E-state index in [2.05, 4.69) is 6.92 Å². The maximum atomic E-state index is 10.3. The number of unbranched alkanes of at least 4 members (excludes halogenated alkanes) is 10. The summed E-state index contributed by atoms with van der Waals surface area (Å²) in [7, 11) is 0. The second-order valence-electron chi connectivity index (χ2n) is 5.16. The SMILES string of the molecule is CCCCCCCCCCCCCC(O)C(=O)[O-]. The fourth-order valence-corrected chi connectivity index (χ4v) is 2.12. The van der Waals surface area contributed by atoms with Gasteiger partial charge < -0.3 is 15.0 Å². The molecule has 0 aromatic heterocycles. The van der Waals surface area contributed by atoms with E-state index in [0.717, 1.165) is 19.3 Å². The lowest BCUT2D eigenvalue weighted by Gasteiger charge is -2.10. The van der Waals surface area contributed by atoms with Gasteiger partial charge in [-0.15, -0.1) is 0 Å². The summed E-state index contributed by atoms with van der Waals surface area (Å²) >= 11 is 0. The third-order valence-corrected chi connectivity index (χ3v) is 3.35. The van der Waals surface area contributed by atoms with E-state index in [1.54, 1.807) is 0 Å². The third kappa shape index (κ3) is 11.9. The molecule has 0 aromatic rings. The minimum atomic E-state index is -1.35. The Balaban J connectivity index is 3.05. The Morgan fingerprint density at radius 3 is 1.67 bits per heavy atom. The fourth-order valence-electron chi connectivity index (χ4n) is 2.12. The van der Waals surface area contributed by atoms with Crippen molar-refractivity contribution in [2.24, 2.45) is 0 Å². The predicted octanol–water partition coefficient (Wildman–Crippen LogP) is 2.80. The Kier molecular flexibility index (Phi) is 12.5. The molecule has 1 unspecified atom stereocenters. The summed E-state index contributed by atoms with van der Waals surface area (Å²) in [5, 5.41) is 19.3. The van der Waals surface area contributed by atoms with Crippen LogP contribution in [0, 0.1) is 0 Å². The van der Waals surface area contributed by atoms with Gasteiger partial charge in [0.25, 0.3) is 0 Å². The molecule has 0 aliphatic rings. The zero-order valence-corrected chi connectivity index (χ0v) is 11.8. The topological polar surface area (TPSA) is 60.4 Å². The molecule has 0 heterocycles. The average molecular weight is 257 g/mol. The molecule has 0 amide bonds. The van der Waals surface area contributed by atoms with Gasteiger partial charge in [-0.05, 0) is 6.42 Å². The first-order valence-electron chi connectivity index (χ1n) is 7.57. The summed E-state index contributed by atoms with van der Waals surface area (Å²) in [5.41, 5.74) is 0. The number of rotatable bonds is 13. The van der Waals surface area contributed by atoms with Crippen LogP contribution in [0.25, 0.3) is 0 Å². The Morgan fingerprint density at radius 2 is 1.28 bits per heavy atom. The molecule has 0 aliphatic carbocycles. The number of aliphatic hydroxyl groups is 1. The van der Waals surface area contributed by atoms with E-state index < -0.39 is 12.1 Å². The molecule has 0 spiro atoms. The zero-order valence-electron chi connectivity index (χ0n) is 11.8. The molecule has 108 valence electrons. The van der Waals surface area contributed by atoms with Crippen molar-refractivity contribution in [3.8, 4) is 0 Å². The first-order chi connectivity index (χ1) is 8.68. The smallest absolute Gasteiger partial charge is 0.0933 e. The summed E-state index contributed by atoms with van der Waals surface area (Å²) in [6.45, 7) is 2.23. The molecule has 1 N–H and O–H groups in total. The predicted molar refractivity (Wildman–Crippen MR) is 72.1 cm³/mol. The highest BCUT2D eigenvalue weighted by Gasteiger charge is 2.03. The molecular weight excluding hydrogens is 228 g/mol. The van der Waals surface area contributed by atoms with Gasteiger partial charge in [-0.25, -0.2) is 0 Å². The van der Waals surface area contributed by atoms with E-state index in [1.807, 2.05) is 0 Å². The lowest BCUT2D eigenvalue weighted by molar-refractivity contribution is -0.315. The highest BCUT2D eigenvalue weighted by Crippen LogP contribution is 2.12. The number of aliphatic carboxylic acids is 1. The second-order valence-corrected chi connectivity index (χ2v) is 5.16. The summed E-state index contributed by atoms with van der Waals surface area (Å²) in [4.78, 5) is 10.3. The van der Waals surface area contributed by atoms with Crippen molar-refractivity contribution in [3.05, 3.63) is 0 Å². The zero-order chi connectivity index (χ0) is 13.6. The number of hydrogen-bond acceptors (Lipinski definition) is 3. The van der Waals surface area contributed by atoms with Crippen molar-refractivity contribution in [2.45, 2.75) is 90.1 Å². The molecule has 0 aliphatic heterocycles. The molecule has 1 atom stereocenters. The molecule has 0 saturated heterocycles. The number of carboxylic acid groups (broad SMARTS) is 1. The van der Waals surface area contributed by atoms with Gasteiger partial charge in [0.2, 0.25) is 0 Å². The van der Waals surface area contributed by atoms with E-state index in [0.29, 0.717) is 6.42 Å². The van der Waals surface area contributed by atoms with Crippen LogP contribution in [-0.2, 0) is 4.79 Å². The van der Waals surface area contributed by atoms with Crippen LogP contribution in [0.3, 0.4) is 0 Å². The van der Waals surface area contributed by atoms with Gasteiger partial charge in [0.05, 0.1) is 12.1 Å². The van der Waals surface area contributed by atoms with Crippen LogP contribution in [0.1, 0.15) is 84.0 Å². The number of carboxylic acids is 1. The molecule has 0 fully saturated rings. The van der Waals surface area contributed by atoms with Crippen molar-refractivity contribution >= 4 is 5.97 Å². The summed E-state index contributed by atoms with van der Waals surface area (Å²) in [5.74, 6) is -1.35. The lowest BCUT2D eigenvalue weighted by atomic mass is 10.0. The molecule has 0 rings (SSSR count). The minimum Gasteiger partial charge on any atom is -0.547 e. The van der Waals surface area contributed by atoms with Gasteiger partial charge in [0.15, 0.2) is 0 Å². The monoisotopic (exact) mass is 257 g/mol. The van der Waals surface area contributed by atoms with Gasteiger partial charge in [-0.2, -0.15) is 0 Å². The van der Waals surface area contributed by atoms with Crippen LogP contribution >= 0.6 is 0 Å². The van der Waals surface area contributed by atoms with Gasteiger partial charge in [0, 0.05) is 0 Å². The normalized spacial score (nSPS) is 12.6. The van der Waals surface area contributed by atoms with E-state index in [9.17, 15) is 9.90 Å². The largest absolute Gasteiger partial charge is 0.547 e. The molecule has 18 heavy (non-hydrogen) atoms. The van der Waals surface area contributed by atoms with E-state index >= 15 is 0 Å². The summed E-state index contributed by atoms with van der Waals surface area (Å²) in [6.07, 6.45) is 12.6. The van der Waals surface area contributed by atoms with Crippen LogP contribution in [0.4, 0.5) is 0 Å². The number of aliphatic hydroxyl groups excluding tert-OH is 1. The van der Waals surface area contributed by atoms with E-state index in [4.69, 9.17) is 5.11 Å². The Labute approximate surface area is 112 Å². The van der Waals surface area contributed by atoms with Crippen molar-refractivity contribution in [1.29, 1.82) is 0 Å². The van der Waals surface area contributed by atoms with Crippen molar-refractivity contribution < 1.29 is 15.0 Å². The first kappa shape index (κ1) is 17.4. The standard InChI is InChI=1S/C15H30O3/c1-2-3-4-5-6-7-8-9-10-11-12-13-14(16)15(17)18/h14,16H,2-13H2,1H3,(H,17,18)/p-1. The van der Waals surface area contributed by atoms with Gasteiger partial charge >= 0.3 is 0 Å². The van der Waals surface area contributed by atoms with Crippen LogP contribution < -0.4 is 5.11 Å². The minimum absolute atomic E-state index is 0.333. The maximum absolute atomic E-state index is 10.3. The molecule has 0 aromatic carbocycles. The number of carbonyl (C=O) groups is 1. The highest BCUT2D eigenvalue weighted by molar-refractivity contribution is 5.69. The Hall–Kier alpha value is -0.570. The van der Waals surface area contributed by atoms with Crippen LogP contribution in [0.5, 0.6) is 0 Å². The van der Waals surface area contributed by atoms with E-state index in [1.165, 1.54) is 51.4 Å². The van der Waals surface area contributed by atoms with Crippen molar-refractivity contribution in [3.63, 3.8) is 0 Å². The maximum Gasteiger partial charge on any atom is 0.0933 e. The lowest BCUT2D eigenvalue weighted by Crippen LogP contribution is -2.35. The summed E-state index contributed by atoms with van der Waals surface area (Å²) < 4.78 is 0. The van der Waals surface area contributed by atoms with Crippen LogP contribution in [0.15, 0.2) is 0 Å². The first-order valence-corrected chi connectivity index (χ1v) is 7.57. The highest BCUT2D eigenvalue weighted by atomic mass is 16.4. The molecule has 3 heteroatoms. The molecule has 3 nitrogen and oxygen atoms in total. The molecule has 0 saturated carbocycles. The fraction of sp³-hybridized carbons (Fsp3) is 0.933. The summed E-state index contributed by atoms with van der Waals surface area (Å²) in [6, 6.07) is 0. The number of carbonyl (C=O) groups excluding carboxylic acids is 1. The van der Waals surface area contributed by atoms with Crippen LogP contribution in [-0.4, -0.2) is 17.2 Å². The van der Waals surface area contributed by atoms with E-state index in [-0.39, 0.29) is 0 Å². The molecule has 0 radical (unpaired) electrons. The number of hydrogen-bond donors (Lipinski definition) is 1. The molecule has 0 bridgehead atoms.